The average molecular weight is 358 g/mol. The minimum Gasteiger partial charge on any atom is -0.495 e. The smallest absolute Gasteiger partial charge is 0.261 e. The van der Waals surface area contributed by atoms with E-state index in [9.17, 15) is 4.79 Å². The Kier molecular flexibility index (Phi) is 8.60. The number of amides is 1. The Hall–Kier alpha value is -0.300. The molecule has 1 heterocycles. The highest BCUT2D eigenvalue weighted by Gasteiger charge is 2.14. The summed E-state index contributed by atoms with van der Waals surface area (Å²) in [5, 5.41) is 6.12. The van der Waals surface area contributed by atoms with Crippen molar-refractivity contribution in [3.63, 3.8) is 0 Å². The van der Waals surface area contributed by atoms with Crippen LogP contribution in [0.2, 0.25) is 0 Å². The zero-order chi connectivity index (χ0) is 12.8. The third-order valence-electron chi connectivity index (χ3n) is 2.22. The molecule has 0 saturated heterocycles. The van der Waals surface area contributed by atoms with Crippen molar-refractivity contribution in [2.24, 2.45) is 0 Å². The van der Waals surface area contributed by atoms with Crippen molar-refractivity contribution in [3.05, 3.63) is 14.7 Å². The second-order valence-electron chi connectivity index (χ2n) is 3.62. The zero-order valence-corrected chi connectivity index (χ0v) is 13.8. The summed E-state index contributed by atoms with van der Waals surface area (Å²) in [6.45, 7) is 5.59. The minimum absolute atomic E-state index is 0. The van der Waals surface area contributed by atoms with E-state index in [0.29, 0.717) is 17.2 Å². The van der Waals surface area contributed by atoms with Gasteiger partial charge in [-0.25, -0.2) is 0 Å². The fraction of sp³-hybridized carbons (Fsp3) is 0.545. The second kappa shape index (κ2) is 8.74. The van der Waals surface area contributed by atoms with E-state index in [1.54, 1.807) is 13.2 Å². The lowest BCUT2D eigenvalue weighted by Crippen LogP contribution is -2.38. The molecular formula is C11H18BrClN2O2S. The van der Waals surface area contributed by atoms with Crippen LogP contribution >= 0.6 is 39.7 Å². The molecule has 0 aliphatic carbocycles. The first-order valence-corrected chi connectivity index (χ1v) is 7.04. The minimum atomic E-state index is -0.0660. The van der Waals surface area contributed by atoms with Gasteiger partial charge in [0.1, 0.15) is 9.54 Å². The lowest BCUT2D eigenvalue weighted by molar-refractivity contribution is 0.0954. The van der Waals surface area contributed by atoms with Gasteiger partial charge in [0.15, 0.2) is 0 Å². The van der Waals surface area contributed by atoms with Crippen LogP contribution in [0, 0.1) is 0 Å². The van der Waals surface area contributed by atoms with Gasteiger partial charge in [-0.1, -0.05) is 6.92 Å². The molecule has 1 rings (SSSR count). The maximum Gasteiger partial charge on any atom is 0.261 e. The molecule has 2 N–H and O–H groups in total. The molecule has 1 aromatic heterocycles. The number of methoxy groups -OCH3 is 1. The predicted octanol–water partition coefficient (Wildman–Crippen LogP) is 2.67. The van der Waals surface area contributed by atoms with Crippen molar-refractivity contribution >= 4 is 45.6 Å². The van der Waals surface area contributed by atoms with Crippen LogP contribution in [0.15, 0.2) is 9.85 Å². The predicted molar refractivity (Wildman–Crippen MR) is 81.3 cm³/mol. The van der Waals surface area contributed by atoms with Crippen LogP contribution in [0.4, 0.5) is 0 Å². The first-order chi connectivity index (χ1) is 8.08. The Morgan fingerprint density at radius 3 is 2.78 bits per heavy atom. The van der Waals surface area contributed by atoms with Gasteiger partial charge in [0.25, 0.3) is 5.91 Å². The summed E-state index contributed by atoms with van der Waals surface area (Å²) >= 11 is 4.72. The van der Waals surface area contributed by atoms with E-state index in [1.165, 1.54) is 11.3 Å². The first kappa shape index (κ1) is 17.7. The van der Waals surface area contributed by atoms with E-state index >= 15 is 0 Å². The molecule has 1 atom stereocenters. The number of rotatable bonds is 6. The van der Waals surface area contributed by atoms with E-state index < -0.39 is 0 Å². The molecule has 0 unspecified atom stereocenters. The number of nitrogens with one attached hydrogen (secondary N) is 2. The molecule has 0 saturated carbocycles. The molecule has 0 fully saturated rings. The molecule has 1 amide bonds. The third-order valence-corrected chi connectivity index (χ3v) is 4.00. The van der Waals surface area contributed by atoms with Crippen molar-refractivity contribution in [1.29, 1.82) is 0 Å². The molecule has 0 bridgehead atoms. The van der Waals surface area contributed by atoms with Crippen LogP contribution in [0.25, 0.3) is 0 Å². The second-order valence-corrected chi connectivity index (χ2v) is 5.99. The highest BCUT2D eigenvalue weighted by Crippen LogP contribution is 2.34. The van der Waals surface area contributed by atoms with Crippen LogP contribution in [-0.4, -0.2) is 32.1 Å². The van der Waals surface area contributed by atoms with E-state index in [1.807, 2.05) is 13.8 Å². The molecule has 0 radical (unpaired) electrons. The monoisotopic (exact) mass is 356 g/mol. The van der Waals surface area contributed by atoms with Crippen molar-refractivity contribution in [2.45, 2.75) is 19.9 Å². The molecule has 4 nitrogen and oxygen atoms in total. The zero-order valence-electron chi connectivity index (χ0n) is 10.6. The summed E-state index contributed by atoms with van der Waals surface area (Å²) < 4.78 is 5.95. The summed E-state index contributed by atoms with van der Waals surface area (Å²) in [4.78, 5) is 12.5. The maximum absolute atomic E-state index is 11.8. The summed E-state index contributed by atoms with van der Waals surface area (Å²) in [5.74, 6) is 0.628. The van der Waals surface area contributed by atoms with E-state index in [-0.39, 0.29) is 24.4 Å². The lowest BCUT2D eigenvalue weighted by atomic mass is 10.3. The van der Waals surface area contributed by atoms with Gasteiger partial charge in [0.2, 0.25) is 0 Å². The number of carbonyl (C=O) groups is 1. The largest absolute Gasteiger partial charge is 0.495 e. The summed E-state index contributed by atoms with van der Waals surface area (Å²) in [5.41, 5.74) is 0. The first-order valence-electron chi connectivity index (χ1n) is 5.43. The van der Waals surface area contributed by atoms with Gasteiger partial charge in [-0.05, 0) is 29.4 Å². The number of halogens is 2. The Labute approximate surface area is 126 Å². The number of ether oxygens (including phenoxy) is 1. The van der Waals surface area contributed by atoms with Crippen molar-refractivity contribution in [2.75, 3.05) is 20.2 Å². The molecule has 104 valence electrons. The van der Waals surface area contributed by atoms with E-state index in [2.05, 4.69) is 26.6 Å². The highest BCUT2D eigenvalue weighted by atomic mass is 79.9. The fourth-order valence-electron chi connectivity index (χ4n) is 1.36. The van der Waals surface area contributed by atoms with Crippen LogP contribution < -0.4 is 15.4 Å². The normalized spacial score (nSPS) is 11.6. The van der Waals surface area contributed by atoms with Crippen LogP contribution in [-0.2, 0) is 0 Å². The molecule has 0 aliphatic rings. The number of carbonyl (C=O) groups excluding carboxylic acids is 1. The van der Waals surface area contributed by atoms with Crippen molar-refractivity contribution in [3.8, 4) is 5.75 Å². The van der Waals surface area contributed by atoms with Crippen molar-refractivity contribution < 1.29 is 9.53 Å². The lowest BCUT2D eigenvalue weighted by Gasteiger charge is -2.12. The number of likely N-dealkylation sites (N-methyl/N-ethyl adjacent to an activating group) is 1. The maximum atomic E-state index is 11.8. The number of hydrogen-bond acceptors (Lipinski definition) is 4. The Balaban J connectivity index is 0.00000289. The average Bonchev–Trinajstić information content (AvgIpc) is 2.68. The van der Waals surface area contributed by atoms with Crippen LogP contribution in [0.5, 0.6) is 5.75 Å². The van der Waals surface area contributed by atoms with E-state index in [4.69, 9.17) is 4.74 Å². The Morgan fingerprint density at radius 1 is 1.61 bits per heavy atom. The Bertz CT molecular complexity index is 387. The van der Waals surface area contributed by atoms with Gasteiger partial charge in [0.05, 0.1) is 12.0 Å². The molecule has 18 heavy (non-hydrogen) atoms. The highest BCUT2D eigenvalue weighted by molar-refractivity contribution is 9.11. The molecule has 7 heteroatoms. The topological polar surface area (TPSA) is 50.4 Å². The summed E-state index contributed by atoms with van der Waals surface area (Å²) in [7, 11) is 1.59. The SMILES string of the molecule is CCN[C@H](C)CNC(=O)c1cc(OC)c(Br)s1.Cl. The van der Waals surface area contributed by atoms with Crippen molar-refractivity contribution in [1.82, 2.24) is 10.6 Å². The van der Waals surface area contributed by atoms with Gasteiger partial charge in [-0.15, -0.1) is 23.7 Å². The molecule has 0 aromatic carbocycles. The van der Waals surface area contributed by atoms with E-state index in [0.717, 1.165) is 10.3 Å². The van der Waals surface area contributed by atoms with Gasteiger partial charge < -0.3 is 15.4 Å². The standard InChI is InChI=1S/C11H17BrN2O2S.ClH/c1-4-13-7(2)6-14-11(15)9-5-8(16-3)10(12)17-9;/h5,7,13H,4,6H2,1-3H3,(H,14,15);1H/t7-;/m1./s1. The van der Waals surface area contributed by atoms with Gasteiger partial charge >= 0.3 is 0 Å². The van der Waals surface area contributed by atoms with Gasteiger partial charge in [-0.2, -0.15) is 0 Å². The third kappa shape index (κ3) is 5.14. The summed E-state index contributed by atoms with van der Waals surface area (Å²) in [6, 6.07) is 2.01. The Morgan fingerprint density at radius 2 is 2.28 bits per heavy atom. The van der Waals surface area contributed by atoms with Crippen LogP contribution in [0.1, 0.15) is 23.5 Å². The molecular weight excluding hydrogens is 340 g/mol. The van der Waals surface area contributed by atoms with Gasteiger partial charge in [0, 0.05) is 18.7 Å². The molecule has 0 aliphatic heterocycles. The number of hydrogen-bond donors (Lipinski definition) is 2. The van der Waals surface area contributed by atoms with Crippen LogP contribution in [0.3, 0.4) is 0 Å². The van der Waals surface area contributed by atoms with Gasteiger partial charge in [-0.3, -0.25) is 4.79 Å². The summed E-state index contributed by atoms with van der Waals surface area (Å²) in [6.07, 6.45) is 0. The molecule has 1 aromatic rings. The quantitative estimate of drug-likeness (QED) is 0.823. The fourth-order valence-corrected chi connectivity index (χ4v) is 2.92. The number of thiophene rings is 1. The molecule has 0 spiro atoms.